The Bertz CT molecular complexity index is 203. The molecule has 0 unspecified atom stereocenters. The first-order chi connectivity index (χ1) is 4.91. The quantitative estimate of drug-likeness (QED) is 0.257. The van der Waals surface area contributed by atoms with Crippen molar-refractivity contribution in [1.29, 1.82) is 0 Å². The molecule has 0 aromatic heterocycles. The summed E-state index contributed by atoms with van der Waals surface area (Å²) in [7, 11) is -2.22. The number of hydrogen-bond donors (Lipinski definition) is 0. The molecule has 0 aliphatic rings. The van der Waals surface area contributed by atoms with Gasteiger partial charge in [0.05, 0.1) is 7.11 Å². The van der Waals surface area contributed by atoms with Crippen LogP contribution < -0.4 is 29.6 Å². The third kappa shape index (κ3) is 22.6. The molecule has 12 heavy (non-hydrogen) atoms. The maximum absolute atomic E-state index is 10.9. The van der Waals surface area contributed by atoms with Crippen LogP contribution in [0.3, 0.4) is 0 Å². The van der Waals surface area contributed by atoms with Crippen LogP contribution in [-0.2, 0) is 20.1 Å². The second-order valence-corrected chi connectivity index (χ2v) is 1.36. The van der Waals surface area contributed by atoms with Gasteiger partial charge in [0, 0.05) is 6.43 Å². The Balaban J connectivity index is -0.000000142. The van der Waals surface area contributed by atoms with E-state index in [1.807, 2.05) is 0 Å². The summed E-state index contributed by atoms with van der Waals surface area (Å²) in [6, 6.07) is 0. The molecule has 0 N–H and O–H groups in total. The molecule has 0 bridgehead atoms. The Morgan fingerprint density at radius 2 is 1.58 bits per heavy atom. The Kier molecular flexibility index (Phi) is 16.0. The molecule has 0 spiro atoms. The van der Waals surface area contributed by atoms with E-state index in [9.17, 15) is 13.6 Å². The molecule has 0 saturated heterocycles. The van der Waals surface area contributed by atoms with Crippen LogP contribution in [0.4, 0.5) is 8.78 Å². The number of carbonyl (C=O) groups excluding carboxylic acids is 1. The predicted octanol–water partition coefficient (Wildman–Crippen LogP) is -3.41. The normalized spacial score (nSPS) is 6.58. The molecule has 0 atom stereocenters. The molecular formula is C3H3F2NaO5S. The molecule has 0 aromatic carbocycles. The molecule has 0 amide bonds. The van der Waals surface area contributed by atoms with E-state index in [1.165, 1.54) is 0 Å². The molecule has 9 heteroatoms. The Labute approximate surface area is 90.4 Å². The van der Waals surface area contributed by atoms with Crippen molar-refractivity contribution in [3.05, 3.63) is 6.43 Å². The Morgan fingerprint density at radius 3 is 1.58 bits per heavy atom. The van der Waals surface area contributed by atoms with Crippen molar-refractivity contribution in [2.45, 2.75) is 0 Å². The molecule has 0 aliphatic heterocycles. The molecule has 0 radical (unpaired) electrons. The van der Waals surface area contributed by atoms with Gasteiger partial charge in [0.25, 0.3) is 0 Å². The third-order valence-corrected chi connectivity index (χ3v) is 0.340. The van der Waals surface area contributed by atoms with Crippen LogP contribution >= 0.6 is 0 Å². The largest absolute Gasteiger partial charge is 1.00 e. The fraction of sp³-hybridized carbons (Fsp3) is 0.333. The molecule has 0 saturated carbocycles. The number of ether oxygens (including phenoxy) is 1. The zero-order valence-corrected chi connectivity index (χ0v) is 9.02. The smallest absolute Gasteiger partial charge is 0.487 e. The number of carbonyl (C=O) groups is 1. The van der Waals surface area contributed by atoms with E-state index < -0.39 is 23.0 Å². The molecular weight excluding hydrogens is 209 g/mol. The van der Waals surface area contributed by atoms with Crippen LogP contribution in [0, 0.1) is 6.43 Å². The zero-order chi connectivity index (χ0) is 9.44. The summed E-state index contributed by atoms with van der Waals surface area (Å²) in [6.07, 6.45) is -2.32. The summed E-state index contributed by atoms with van der Waals surface area (Å²) in [4.78, 5) is 9.50. The van der Waals surface area contributed by atoms with Gasteiger partial charge in [-0.15, -0.1) is 12.6 Å². The van der Waals surface area contributed by atoms with Crippen molar-refractivity contribution < 1.29 is 60.5 Å². The summed E-state index contributed by atoms with van der Waals surface area (Å²) in [5.74, 6) is -1.57. The number of hydrogen-bond acceptors (Lipinski definition) is 5. The Hall–Kier alpha value is -0.180. The van der Waals surface area contributed by atoms with Gasteiger partial charge in [0.2, 0.25) is 5.97 Å². The fourth-order valence-corrected chi connectivity index (χ4v) is 0.0772. The van der Waals surface area contributed by atoms with Crippen molar-refractivity contribution in [3.8, 4) is 0 Å². The summed E-state index contributed by atoms with van der Waals surface area (Å²) in [5.41, 5.74) is 0. The van der Waals surface area contributed by atoms with Crippen LogP contribution in [0.5, 0.6) is 0 Å². The third-order valence-electron chi connectivity index (χ3n) is 0.340. The minimum Gasteiger partial charge on any atom is -0.487 e. The van der Waals surface area contributed by atoms with Gasteiger partial charge in [-0.3, -0.25) is 4.79 Å². The van der Waals surface area contributed by atoms with Crippen LogP contribution in [-0.4, -0.2) is 25.7 Å². The zero-order valence-electron chi connectivity index (χ0n) is 6.21. The molecule has 0 aliphatic carbocycles. The number of halogens is 2. The van der Waals surface area contributed by atoms with Gasteiger partial charge in [-0.1, -0.05) is 0 Å². The van der Waals surface area contributed by atoms with Crippen molar-refractivity contribution in [2.24, 2.45) is 0 Å². The first kappa shape index (κ1) is 17.8. The van der Waals surface area contributed by atoms with Crippen molar-refractivity contribution in [1.82, 2.24) is 0 Å². The van der Waals surface area contributed by atoms with E-state index in [1.54, 1.807) is 0 Å². The fourth-order valence-electron chi connectivity index (χ4n) is 0.0772. The first-order valence-corrected chi connectivity index (χ1v) is 2.94. The second kappa shape index (κ2) is 10.8. The maximum Gasteiger partial charge on any atom is 1.00 e. The van der Waals surface area contributed by atoms with E-state index >= 15 is 0 Å². The van der Waals surface area contributed by atoms with Crippen LogP contribution in [0.2, 0.25) is 0 Å². The van der Waals surface area contributed by atoms with Gasteiger partial charge in [0.1, 0.15) is 0 Å². The van der Waals surface area contributed by atoms with E-state index in [0.717, 1.165) is 7.11 Å². The summed E-state index contributed by atoms with van der Waals surface area (Å²) in [5, 5.41) is 0. The molecule has 66 valence electrons. The van der Waals surface area contributed by atoms with Gasteiger partial charge >= 0.3 is 40.2 Å². The van der Waals surface area contributed by atoms with Crippen LogP contribution in [0.25, 0.3) is 0 Å². The molecule has 0 rings (SSSR count). The van der Waals surface area contributed by atoms with Gasteiger partial charge < -0.3 is 13.5 Å². The second-order valence-electron chi connectivity index (χ2n) is 0.956. The van der Waals surface area contributed by atoms with Gasteiger partial charge in [-0.25, -0.2) is 0 Å². The molecule has 5 nitrogen and oxygen atoms in total. The van der Waals surface area contributed by atoms with Crippen LogP contribution in [0.15, 0.2) is 0 Å². The minimum atomic E-state index is -3.11. The summed E-state index contributed by atoms with van der Waals surface area (Å²) >= 11 is 0. The van der Waals surface area contributed by atoms with Crippen molar-refractivity contribution in [2.75, 3.05) is 7.11 Å². The average molecular weight is 212 g/mol. The molecule has 0 fully saturated rings. The van der Waals surface area contributed by atoms with E-state index in [-0.39, 0.29) is 29.6 Å². The monoisotopic (exact) mass is 212 g/mol. The maximum atomic E-state index is 10.9. The SMILES string of the molecule is COC(=O)[C-](F)F.O=S(=O)=O.[Na+]. The van der Waals surface area contributed by atoms with Crippen molar-refractivity contribution >= 4 is 16.6 Å². The number of rotatable bonds is 1. The minimum absolute atomic E-state index is 0. The Morgan fingerprint density at radius 1 is 1.33 bits per heavy atom. The number of methoxy groups -OCH3 is 1. The topological polar surface area (TPSA) is 77.5 Å². The van der Waals surface area contributed by atoms with Crippen LogP contribution in [0.1, 0.15) is 0 Å². The molecule has 0 aromatic rings. The standard InChI is InChI=1S/C3H3F2O2.Na.O3S/c1-7-3(6)2(4)5;;1-4(2)3/h1H3;;/q-1;+1;. The first-order valence-electron chi connectivity index (χ1n) is 1.94. The van der Waals surface area contributed by atoms with Gasteiger partial charge in [-0.2, -0.15) is 0 Å². The summed E-state index contributed by atoms with van der Waals surface area (Å²) in [6.45, 7) is 0. The molecule has 0 heterocycles. The van der Waals surface area contributed by atoms with E-state index in [4.69, 9.17) is 12.6 Å². The van der Waals surface area contributed by atoms with Crippen molar-refractivity contribution in [3.63, 3.8) is 0 Å². The predicted molar refractivity (Wildman–Crippen MR) is 27.2 cm³/mol. The van der Waals surface area contributed by atoms with E-state index in [2.05, 4.69) is 4.74 Å². The number of esters is 1. The average Bonchev–Trinajstić information content (AvgIpc) is 1.85. The van der Waals surface area contributed by atoms with E-state index in [0.29, 0.717) is 0 Å². The van der Waals surface area contributed by atoms with Gasteiger partial charge in [0.15, 0.2) is 0 Å². The summed E-state index contributed by atoms with van der Waals surface area (Å²) < 4.78 is 50.7. The van der Waals surface area contributed by atoms with Gasteiger partial charge in [-0.05, 0) is 0 Å².